The first-order valence-electron chi connectivity index (χ1n) is 4.68. The van der Waals surface area contributed by atoms with Crippen LogP contribution in [0.2, 0.25) is 0 Å². The maximum Gasteiger partial charge on any atom is 0.234 e. The summed E-state index contributed by atoms with van der Waals surface area (Å²) < 4.78 is 1.90. The summed E-state index contributed by atoms with van der Waals surface area (Å²) in [4.78, 5) is 11.6. The Kier molecular flexibility index (Phi) is 4.75. The van der Waals surface area contributed by atoms with Gasteiger partial charge in [-0.25, -0.2) is 0 Å². The van der Waals surface area contributed by atoms with Gasteiger partial charge in [-0.15, -0.1) is 10.2 Å². The van der Waals surface area contributed by atoms with E-state index in [-0.39, 0.29) is 5.91 Å². The summed E-state index contributed by atoms with van der Waals surface area (Å²) in [6, 6.07) is 7.69. The molecule has 0 fully saturated rings. The van der Waals surface area contributed by atoms with E-state index < -0.39 is 0 Å². The van der Waals surface area contributed by atoms with Crippen molar-refractivity contribution in [1.29, 1.82) is 0 Å². The summed E-state index contributed by atoms with van der Waals surface area (Å²) in [7, 11) is 0. The molecule has 4 nitrogen and oxygen atoms in total. The SMILES string of the molecule is O=C(CSc1nncs1)Nc1cccc(I)c1. The first-order valence-corrected chi connectivity index (χ1v) is 7.63. The fourth-order valence-electron chi connectivity index (χ4n) is 1.12. The highest BCUT2D eigenvalue weighted by molar-refractivity contribution is 14.1. The molecule has 2 rings (SSSR count). The average molecular weight is 377 g/mol. The number of aromatic nitrogens is 2. The standard InChI is InChI=1S/C10H8IN3OS2/c11-7-2-1-3-8(4-7)13-9(15)5-16-10-14-12-6-17-10/h1-4,6H,5H2,(H,13,15). The van der Waals surface area contributed by atoms with E-state index in [0.717, 1.165) is 13.6 Å². The van der Waals surface area contributed by atoms with Gasteiger partial charge >= 0.3 is 0 Å². The number of hydrogen-bond donors (Lipinski definition) is 1. The van der Waals surface area contributed by atoms with Gasteiger partial charge in [0.1, 0.15) is 5.51 Å². The van der Waals surface area contributed by atoms with Gasteiger partial charge in [0.05, 0.1) is 5.75 Å². The third-order valence-corrected chi connectivity index (χ3v) is 4.31. The smallest absolute Gasteiger partial charge is 0.234 e. The number of rotatable bonds is 4. The summed E-state index contributed by atoms with van der Waals surface area (Å²) in [5, 5.41) is 10.4. The molecule has 0 aliphatic rings. The Balaban J connectivity index is 1.85. The first kappa shape index (κ1) is 12.8. The zero-order valence-corrected chi connectivity index (χ0v) is 12.4. The van der Waals surface area contributed by atoms with Crippen molar-refractivity contribution in [3.8, 4) is 0 Å². The molecule has 1 aromatic carbocycles. The van der Waals surface area contributed by atoms with Gasteiger partial charge < -0.3 is 5.32 Å². The second kappa shape index (κ2) is 6.31. The fourth-order valence-corrected chi connectivity index (χ4v) is 2.95. The Morgan fingerprint density at radius 1 is 1.53 bits per heavy atom. The molecule has 1 amide bonds. The van der Waals surface area contributed by atoms with E-state index in [1.807, 2.05) is 24.3 Å². The summed E-state index contributed by atoms with van der Waals surface area (Å²) in [6.07, 6.45) is 0. The number of carbonyl (C=O) groups excluding carboxylic acids is 1. The molecule has 1 heterocycles. The average Bonchev–Trinajstić information content (AvgIpc) is 2.79. The minimum atomic E-state index is -0.0350. The van der Waals surface area contributed by atoms with Crippen LogP contribution in [-0.2, 0) is 4.79 Å². The van der Waals surface area contributed by atoms with Crippen molar-refractivity contribution >= 4 is 57.3 Å². The minimum Gasteiger partial charge on any atom is -0.325 e. The van der Waals surface area contributed by atoms with Crippen LogP contribution >= 0.6 is 45.7 Å². The Labute approximate surface area is 120 Å². The first-order chi connectivity index (χ1) is 8.24. The van der Waals surface area contributed by atoms with Gasteiger partial charge in [0.15, 0.2) is 4.34 Å². The lowest BCUT2D eigenvalue weighted by Gasteiger charge is -2.04. The zero-order chi connectivity index (χ0) is 12.1. The molecule has 0 unspecified atom stereocenters. The number of carbonyl (C=O) groups is 1. The molecule has 7 heteroatoms. The van der Waals surface area contributed by atoms with Gasteiger partial charge in [-0.1, -0.05) is 29.2 Å². The van der Waals surface area contributed by atoms with E-state index in [1.165, 1.54) is 23.1 Å². The Morgan fingerprint density at radius 2 is 2.41 bits per heavy atom. The molecule has 2 aromatic rings. The molecule has 88 valence electrons. The van der Waals surface area contributed by atoms with Crippen molar-refractivity contribution in [2.24, 2.45) is 0 Å². The molecule has 0 aliphatic carbocycles. The molecule has 0 saturated heterocycles. The number of anilines is 1. The van der Waals surface area contributed by atoms with E-state index in [0.29, 0.717) is 5.75 Å². The van der Waals surface area contributed by atoms with Crippen molar-refractivity contribution < 1.29 is 4.79 Å². The zero-order valence-electron chi connectivity index (χ0n) is 8.59. The molecule has 0 bridgehead atoms. The van der Waals surface area contributed by atoms with E-state index in [1.54, 1.807) is 5.51 Å². The van der Waals surface area contributed by atoms with Gasteiger partial charge in [0, 0.05) is 9.26 Å². The number of thioether (sulfide) groups is 1. The quantitative estimate of drug-likeness (QED) is 0.658. The van der Waals surface area contributed by atoms with Crippen molar-refractivity contribution in [2.45, 2.75) is 4.34 Å². The number of nitrogens with one attached hydrogen (secondary N) is 1. The number of nitrogens with zero attached hydrogens (tertiary/aromatic N) is 2. The third kappa shape index (κ3) is 4.25. The molecule has 0 atom stereocenters. The van der Waals surface area contributed by atoms with Crippen LogP contribution in [0.25, 0.3) is 0 Å². The lowest BCUT2D eigenvalue weighted by molar-refractivity contribution is -0.113. The number of halogens is 1. The van der Waals surface area contributed by atoms with E-state index in [2.05, 4.69) is 38.1 Å². The van der Waals surface area contributed by atoms with Crippen LogP contribution in [-0.4, -0.2) is 21.9 Å². The summed E-state index contributed by atoms with van der Waals surface area (Å²) in [5.41, 5.74) is 2.47. The molecular weight excluding hydrogens is 369 g/mol. The molecule has 1 aromatic heterocycles. The number of benzene rings is 1. The number of amides is 1. The Morgan fingerprint density at radius 3 is 3.12 bits per heavy atom. The van der Waals surface area contributed by atoms with Crippen LogP contribution in [0.1, 0.15) is 0 Å². The normalized spacial score (nSPS) is 10.2. The van der Waals surface area contributed by atoms with Gasteiger partial charge in [0.25, 0.3) is 0 Å². The van der Waals surface area contributed by atoms with E-state index in [4.69, 9.17) is 0 Å². The highest BCUT2D eigenvalue weighted by Crippen LogP contribution is 2.19. The molecule has 0 aliphatic heterocycles. The fraction of sp³-hybridized carbons (Fsp3) is 0.100. The van der Waals surface area contributed by atoms with Gasteiger partial charge in [-0.2, -0.15) is 0 Å². The van der Waals surface area contributed by atoms with Crippen LogP contribution in [0, 0.1) is 3.57 Å². The van der Waals surface area contributed by atoms with Crippen LogP contribution in [0.5, 0.6) is 0 Å². The maximum absolute atomic E-state index is 11.6. The second-order valence-electron chi connectivity index (χ2n) is 3.05. The van der Waals surface area contributed by atoms with Crippen molar-refractivity contribution in [2.75, 3.05) is 11.1 Å². The van der Waals surface area contributed by atoms with Crippen molar-refractivity contribution in [1.82, 2.24) is 10.2 Å². The van der Waals surface area contributed by atoms with Gasteiger partial charge in [-0.05, 0) is 40.8 Å². The lowest BCUT2D eigenvalue weighted by Crippen LogP contribution is -2.13. The summed E-state index contributed by atoms with van der Waals surface area (Å²) >= 11 is 5.03. The molecule has 0 spiro atoms. The van der Waals surface area contributed by atoms with Crippen molar-refractivity contribution in [3.63, 3.8) is 0 Å². The lowest BCUT2D eigenvalue weighted by atomic mass is 10.3. The monoisotopic (exact) mass is 377 g/mol. The molecular formula is C10H8IN3OS2. The second-order valence-corrected chi connectivity index (χ2v) is 6.35. The van der Waals surface area contributed by atoms with Gasteiger partial charge in [0.2, 0.25) is 5.91 Å². The predicted molar refractivity (Wildman–Crippen MR) is 78.4 cm³/mol. The van der Waals surface area contributed by atoms with Crippen LogP contribution < -0.4 is 5.32 Å². The molecule has 17 heavy (non-hydrogen) atoms. The summed E-state index contributed by atoms with van der Waals surface area (Å²) in [6.45, 7) is 0. The minimum absolute atomic E-state index is 0.0350. The maximum atomic E-state index is 11.6. The Hall–Kier alpha value is -0.670. The molecule has 0 radical (unpaired) electrons. The van der Waals surface area contributed by atoms with E-state index >= 15 is 0 Å². The Bertz CT molecular complexity index is 504. The topological polar surface area (TPSA) is 54.9 Å². The predicted octanol–water partition coefficient (Wildman–Crippen LogP) is 2.87. The highest BCUT2D eigenvalue weighted by atomic mass is 127. The van der Waals surface area contributed by atoms with Crippen LogP contribution in [0.3, 0.4) is 0 Å². The van der Waals surface area contributed by atoms with Crippen molar-refractivity contribution in [3.05, 3.63) is 33.3 Å². The van der Waals surface area contributed by atoms with Crippen LogP contribution in [0.15, 0.2) is 34.1 Å². The summed E-state index contributed by atoms with van der Waals surface area (Å²) in [5.74, 6) is 0.313. The molecule has 0 saturated carbocycles. The van der Waals surface area contributed by atoms with Gasteiger partial charge in [-0.3, -0.25) is 4.79 Å². The molecule has 1 N–H and O–H groups in total. The third-order valence-electron chi connectivity index (χ3n) is 1.78. The highest BCUT2D eigenvalue weighted by Gasteiger charge is 2.05. The van der Waals surface area contributed by atoms with E-state index in [9.17, 15) is 4.79 Å². The number of hydrogen-bond acceptors (Lipinski definition) is 5. The van der Waals surface area contributed by atoms with Crippen LogP contribution in [0.4, 0.5) is 5.69 Å². The largest absolute Gasteiger partial charge is 0.325 e.